The smallest absolute Gasteiger partial charge is 0.256 e. The second kappa shape index (κ2) is 8.06. The molecule has 0 unspecified atom stereocenters. The van der Waals surface area contributed by atoms with Crippen molar-refractivity contribution in [1.82, 2.24) is 14.8 Å². The molecule has 0 fully saturated rings. The van der Waals surface area contributed by atoms with Gasteiger partial charge >= 0.3 is 0 Å². The molecule has 0 atom stereocenters. The number of ether oxygens (including phenoxy) is 1. The van der Waals surface area contributed by atoms with Gasteiger partial charge in [-0.3, -0.25) is 4.79 Å². The van der Waals surface area contributed by atoms with E-state index in [1.807, 2.05) is 42.6 Å². The van der Waals surface area contributed by atoms with Crippen molar-refractivity contribution in [2.45, 2.75) is 13.5 Å². The molecule has 0 saturated heterocycles. The van der Waals surface area contributed by atoms with Crippen LogP contribution in [0.15, 0.2) is 71.7 Å². The molecule has 4 rings (SSSR count). The summed E-state index contributed by atoms with van der Waals surface area (Å²) in [5.41, 5.74) is 4.98. The zero-order valence-electron chi connectivity index (χ0n) is 15.2. The number of benzene rings is 2. The number of aromatic nitrogens is 3. The van der Waals surface area contributed by atoms with E-state index in [1.54, 1.807) is 40.7 Å². The minimum absolute atomic E-state index is 0.202. The molecular weight excluding hydrogens is 372 g/mol. The number of nitrogens with one attached hydrogen (secondary N) is 1. The average Bonchev–Trinajstić information content (AvgIpc) is 3.38. The second-order valence-corrected chi connectivity index (χ2v) is 6.89. The zero-order valence-corrected chi connectivity index (χ0v) is 16.0. The van der Waals surface area contributed by atoms with Crippen LogP contribution < -0.4 is 10.1 Å². The Morgan fingerprint density at radius 2 is 1.93 bits per heavy atom. The number of anilines is 1. The fourth-order valence-electron chi connectivity index (χ4n) is 2.70. The highest BCUT2D eigenvalue weighted by molar-refractivity contribution is 7.07. The van der Waals surface area contributed by atoms with E-state index in [0.29, 0.717) is 23.7 Å². The number of para-hydroxylation sites is 1. The Morgan fingerprint density at radius 1 is 1.14 bits per heavy atom. The number of nitrogens with zero attached hydrogens (tertiary/aromatic N) is 3. The predicted octanol–water partition coefficient (Wildman–Crippen LogP) is 4.47. The third-order valence-corrected chi connectivity index (χ3v) is 4.81. The van der Waals surface area contributed by atoms with Gasteiger partial charge in [0.1, 0.15) is 18.2 Å². The Hall–Kier alpha value is -3.45. The zero-order chi connectivity index (χ0) is 19.3. The summed E-state index contributed by atoms with van der Waals surface area (Å²) in [5.74, 6) is 1.14. The number of carbonyl (C=O) groups excluding carboxylic acids is 1. The summed E-state index contributed by atoms with van der Waals surface area (Å²) in [4.78, 5) is 16.9. The lowest BCUT2D eigenvalue weighted by Gasteiger charge is -2.11. The van der Waals surface area contributed by atoms with Crippen LogP contribution in [0.3, 0.4) is 0 Å². The fraction of sp³-hybridized carbons (Fsp3) is 0.0952. The van der Waals surface area contributed by atoms with Gasteiger partial charge in [-0.1, -0.05) is 18.2 Å². The quantitative estimate of drug-likeness (QED) is 0.527. The molecule has 2 heterocycles. The monoisotopic (exact) mass is 390 g/mol. The molecule has 7 heteroatoms. The first-order chi connectivity index (χ1) is 13.7. The van der Waals surface area contributed by atoms with Gasteiger partial charge in [-0.05, 0) is 43.3 Å². The molecule has 2 aromatic heterocycles. The number of thiazole rings is 1. The third kappa shape index (κ3) is 3.94. The highest BCUT2D eigenvalue weighted by Crippen LogP contribution is 2.21. The van der Waals surface area contributed by atoms with E-state index < -0.39 is 0 Å². The molecule has 6 nitrogen and oxygen atoms in total. The van der Waals surface area contributed by atoms with E-state index in [4.69, 9.17) is 4.74 Å². The summed E-state index contributed by atoms with van der Waals surface area (Å²) in [7, 11) is 0. The van der Waals surface area contributed by atoms with Crippen molar-refractivity contribution < 1.29 is 9.53 Å². The molecule has 4 aromatic rings. The van der Waals surface area contributed by atoms with Crippen LogP contribution in [0.1, 0.15) is 21.6 Å². The Balaban J connectivity index is 1.46. The molecule has 0 aliphatic rings. The number of hydrogen-bond acceptors (Lipinski definition) is 5. The van der Waals surface area contributed by atoms with Gasteiger partial charge in [0.2, 0.25) is 0 Å². The Bertz CT molecular complexity index is 1060. The van der Waals surface area contributed by atoms with Gasteiger partial charge in [-0.2, -0.15) is 5.10 Å². The Morgan fingerprint density at radius 3 is 2.64 bits per heavy atom. The van der Waals surface area contributed by atoms with Crippen LogP contribution in [0.5, 0.6) is 5.75 Å². The largest absolute Gasteiger partial charge is 0.487 e. The number of carbonyl (C=O) groups is 1. The minimum atomic E-state index is -0.202. The average molecular weight is 390 g/mol. The maximum atomic E-state index is 12.7. The van der Waals surface area contributed by atoms with Crippen molar-refractivity contribution in [1.29, 1.82) is 0 Å². The van der Waals surface area contributed by atoms with Crippen molar-refractivity contribution >= 4 is 23.1 Å². The van der Waals surface area contributed by atoms with E-state index in [2.05, 4.69) is 15.4 Å². The van der Waals surface area contributed by atoms with Gasteiger partial charge in [0.05, 0.1) is 23.1 Å². The lowest BCUT2D eigenvalue weighted by atomic mass is 10.2. The molecule has 0 aliphatic carbocycles. The van der Waals surface area contributed by atoms with Crippen molar-refractivity contribution in [2.75, 3.05) is 5.32 Å². The summed E-state index contributed by atoms with van der Waals surface area (Å²) >= 11 is 1.53. The summed E-state index contributed by atoms with van der Waals surface area (Å²) < 4.78 is 7.41. The fourth-order valence-corrected chi connectivity index (χ4v) is 3.24. The second-order valence-electron chi connectivity index (χ2n) is 6.17. The third-order valence-electron chi connectivity index (χ3n) is 4.17. The first-order valence-electron chi connectivity index (χ1n) is 8.72. The molecule has 28 heavy (non-hydrogen) atoms. The van der Waals surface area contributed by atoms with Crippen LogP contribution in [0, 0.1) is 6.92 Å². The standard InChI is InChI=1S/C21H18N4O2S/c1-15-11-23-25(18-5-3-2-4-6-18)20(15)24-21(26)16-7-9-19(10-8-16)27-12-17-13-28-14-22-17/h2-11,13-14H,12H2,1H3,(H,24,26). The first kappa shape index (κ1) is 17.9. The van der Waals surface area contributed by atoms with Gasteiger partial charge in [0.15, 0.2) is 0 Å². The molecule has 1 N–H and O–H groups in total. The van der Waals surface area contributed by atoms with Gasteiger partial charge in [-0.15, -0.1) is 11.3 Å². The van der Waals surface area contributed by atoms with Crippen LogP contribution in [0.4, 0.5) is 5.82 Å². The number of amides is 1. The van der Waals surface area contributed by atoms with E-state index in [9.17, 15) is 4.79 Å². The van der Waals surface area contributed by atoms with Crippen molar-refractivity contribution in [3.8, 4) is 11.4 Å². The van der Waals surface area contributed by atoms with Crippen molar-refractivity contribution in [3.63, 3.8) is 0 Å². The van der Waals surface area contributed by atoms with E-state index >= 15 is 0 Å². The van der Waals surface area contributed by atoms with Crippen LogP contribution in [-0.4, -0.2) is 20.7 Å². The molecule has 0 aliphatic heterocycles. The molecular formula is C21H18N4O2S. The van der Waals surface area contributed by atoms with Crippen molar-refractivity contribution in [3.05, 3.63) is 88.5 Å². The molecule has 0 radical (unpaired) electrons. The summed E-state index contributed by atoms with van der Waals surface area (Å²) in [5, 5.41) is 9.28. The van der Waals surface area contributed by atoms with Crippen LogP contribution in [-0.2, 0) is 6.61 Å². The Labute approximate surface area is 166 Å². The Kier molecular flexibility index (Phi) is 5.16. The van der Waals surface area contributed by atoms with Crippen LogP contribution in [0.2, 0.25) is 0 Å². The summed E-state index contributed by atoms with van der Waals surface area (Å²) in [6.45, 7) is 2.32. The van der Waals surface area contributed by atoms with E-state index in [1.165, 1.54) is 11.3 Å². The number of rotatable bonds is 6. The lowest BCUT2D eigenvalue weighted by molar-refractivity contribution is 0.102. The van der Waals surface area contributed by atoms with Gasteiger partial charge < -0.3 is 10.1 Å². The molecule has 2 aromatic carbocycles. The maximum absolute atomic E-state index is 12.7. The molecule has 0 saturated carbocycles. The van der Waals surface area contributed by atoms with Crippen molar-refractivity contribution in [2.24, 2.45) is 0 Å². The SMILES string of the molecule is Cc1cnn(-c2ccccc2)c1NC(=O)c1ccc(OCc2cscn2)cc1. The molecule has 1 amide bonds. The summed E-state index contributed by atoms with van der Waals surface area (Å²) in [6.07, 6.45) is 1.73. The van der Waals surface area contributed by atoms with Crippen LogP contribution in [0.25, 0.3) is 5.69 Å². The molecule has 0 spiro atoms. The highest BCUT2D eigenvalue weighted by atomic mass is 32.1. The lowest BCUT2D eigenvalue weighted by Crippen LogP contribution is -2.15. The molecule has 140 valence electrons. The van der Waals surface area contributed by atoms with E-state index in [-0.39, 0.29) is 5.91 Å². The predicted molar refractivity (Wildman–Crippen MR) is 109 cm³/mol. The van der Waals surface area contributed by atoms with Gasteiger partial charge in [0, 0.05) is 16.5 Å². The highest BCUT2D eigenvalue weighted by Gasteiger charge is 2.14. The van der Waals surface area contributed by atoms with E-state index in [0.717, 1.165) is 16.9 Å². The number of hydrogen-bond donors (Lipinski definition) is 1. The maximum Gasteiger partial charge on any atom is 0.256 e. The van der Waals surface area contributed by atoms with Gasteiger partial charge in [-0.25, -0.2) is 9.67 Å². The van der Waals surface area contributed by atoms with Crippen LogP contribution >= 0.6 is 11.3 Å². The summed E-state index contributed by atoms with van der Waals surface area (Å²) in [6, 6.07) is 16.7. The van der Waals surface area contributed by atoms with Gasteiger partial charge in [0.25, 0.3) is 5.91 Å². The normalized spacial score (nSPS) is 10.6. The molecule has 0 bridgehead atoms. The number of aryl methyl sites for hydroxylation is 1. The minimum Gasteiger partial charge on any atom is -0.487 e. The topological polar surface area (TPSA) is 69.0 Å². The first-order valence-corrected chi connectivity index (χ1v) is 9.66.